The van der Waals surface area contributed by atoms with Crippen LogP contribution in [0.5, 0.6) is 17.4 Å². The van der Waals surface area contributed by atoms with Crippen LogP contribution in [0.25, 0.3) is 0 Å². The zero-order valence-corrected chi connectivity index (χ0v) is 18.5. The average Bonchev–Trinajstić information content (AvgIpc) is 2.83. The average molecular weight is 438 g/mol. The molecule has 1 heterocycles. The molecule has 2 aromatic carbocycles. The van der Waals surface area contributed by atoms with E-state index in [1.165, 1.54) is 13.2 Å². The highest BCUT2D eigenvalue weighted by atomic mass is 19.1. The second kappa shape index (κ2) is 11.1. The molecule has 0 saturated carbocycles. The Balaban J connectivity index is 1.96. The van der Waals surface area contributed by atoms with Crippen molar-refractivity contribution in [2.45, 2.75) is 25.9 Å². The molecule has 0 aliphatic carbocycles. The van der Waals surface area contributed by atoms with Crippen molar-refractivity contribution in [2.24, 2.45) is 0 Å². The zero-order chi connectivity index (χ0) is 22.9. The van der Waals surface area contributed by atoms with Crippen LogP contribution in [-0.4, -0.2) is 32.6 Å². The number of nitrogens with zero attached hydrogens (tertiary/aromatic N) is 2. The van der Waals surface area contributed by atoms with Crippen molar-refractivity contribution in [3.63, 3.8) is 0 Å². The number of aryl methyl sites for hydroxylation is 1. The number of benzene rings is 2. The monoisotopic (exact) mass is 438 g/mol. The summed E-state index contributed by atoms with van der Waals surface area (Å²) in [6, 6.07) is 16.6. The van der Waals surface area contributed by atoms with Gasteiger partial charge in [-0.15, -0.1) is 0 Å². The molecule has 0 aliphatic heterocycles. The van der Waals surface area contributed by atoms with Crippen molar-refractivity contribution in [3.05, 3.63) is 77.1 Å². The summed E-state index contributed by atoms with van der Waals surface area (Å²) in [4.78, 5) is 17.1. The van der Waals surface area contributed by atoms with E-state index in [4.69, 9.17) is 14.2 Å². The number of anilines is 1. The van der Waals surface area contributed by atoms with E-state index in [2.05, 4.69) is 4.98 Å². The van der Waals surface area contributed by atoms with Crippen molar-refractivity contribution in [1.29, 1.82) is 0 Å². The van der Waals surface area contributed by atoms with Gasteiger partial charge in [-0.2, -0.15) is 4.98 Å². The number of pyridine rings is 1. The first kappa shape index (κ1) is 23.1. The van der Waals surface area contributed by atoms with E-state index in [1.807, 2.05) is 53.4 Å². The molecule has 6 nitrogen and oxygen atoms in total. The fourth-order valence-electron chi connectivity index (χ4n) is 3.40. The van der Waals surface area contributed by atoms with Gasteiger partial charge in [-0.3, -0.25) is 0 Å². The molecule has 3 rings (SSSR count). The van der Waals surface area contributed by atoms with Crippen LogP contribution < -0.4 is 19.1 Å². The van der Waals surface area contributed by atoms with Gasteiger partial charge in [0.15, 0.2) is 11.6 Å². The smallest absolute Gasteiger partial charge is 0.218 e. The summed E-state index contributed by atoms with van der Waals surface area (Å²) in [7, 11) is 4.72. The number of hydrogen-bond acceptors (Lipinski definition) is 6. The molecule has 0 amide bonds. The Labute approximate surface area is 187 Å². The van der Waals surface area contributed by atoms with Crippen molar-refractivity contribution in [2.75, 3.05) is 26.2 Å². The summed E-state index contributed by atoms with van der Waals surface area (Å²) >= 11 is 0. The van der Waals surface area contributed by atoms with Gasteiger partial charge in [0.2, 0.25) is 5.88 Å². The standard InChI is InChI=1S/C25H27FN2O4/c1-30-21-10-6-18(7-11-21)16-28(17-19-8-12-22(31-2)13-9-19)24-23(26)15-20(5-4-14-29)25(27-24)32-3/h6-15H,4-5,16-17H2,1-3H3. The topological polar surface area (TPSA) is 60.9 Å². The quantitative estimate of drug-likeness (QED) is 0.408. The molecule has 0 fully saturated rings. The molecule has 168 valence electrons. The molecule has 0 bridgehead atoms. The Bertz CT molecular complexity index is 974. The van der Waals surface area contributed by atoms with Crippen LogP contribution in [0.1, 0.15) is 23.1 Å². The first-order valence-corrected chi connectivity index (χ1v) is 10.3. The van der Waals surface area contributed by atoms with E-state index in [-0.39, 0.29) is 12.2 Å². The van der Waals surface area contributed by atoms with Crippen molar-refractivity contribution in [3.8, 4) is 17.4 Å². The number of halogens is 1. The molecule has 0 spiro atoms. The summed E-state index contributed by atoms with van der Waals surface area (Å²) in [6.07, 6.45) is 1.44. The highest BCUT2D eigenvalue weighted by Crippen LogP contribution is 2.29. The Kier molecular flexibility index (Phi) is 8.02. The molecule has 3 aromatic rings. The van der Waals surface area contributed by atoms with Crippen molar-refractivity contribution < 1.29 is 23.4 Å². The summed E-state index contributed by atoms with van der Waals surface area (Å²) in [6.45, 7) is 0.855. The Hall–Kier alpha value is -3.61. The highest BCUT2D eigenvalue weighted by molar-refractivity contribution is 5.52. The van der Waals surface area contributed by atoms with Crippen LogP contribution in [-0.2, 0) is 24.3 Å². The van der Waals surface area contributed by atoms with Crippen LogP contribution >= 0.6 is 0 Å². The van der Waals surface area contributed by atoms with Gasteiger partial charge in [-0.05, 0) is 47.9 Å². The number of carbonyl (C=O) groups excluding carboxylic acids is 1. The minimum atomic E-state index is -0.464. The molecule has 0 unspecified atom stereocenters. The van der Waals surface area contributed by atoms with Crippen LogP contribution in [0.2, 0.25) is 0 Å². The second-order valence-corrected chi connectivity index (χ2v) is 7.22. The minimum Gasteiger partial charge on any atom is -0.497 e. The molecule has 0 radical (unpaired) electrons. The maximum atomic E-state index is 15.2. The maximum Gasteiger partial charge on any atom is 0.218 e. The maximum absolute atomic E-state index is 15.2. The number of hydrogen-bond donors (Lipinski definition) is 0. The lowest BCUT2D eigenvalue weighted by Gasteiger charge is -2.25. The number of aldehydes is 1. The van der Waals surface area contributed by atoms with Crippen LogP contribution in [0, 0.1) is 5.82 Å². The van der Waals surface area contributed by atoms with E-state index in [1.54, 1.807) is 14.2 Å². The molecule has 1 aromatic heterocycles. The van der Waals surface area contributed by atoms with Gasteiger partial charge in [0, 0.05) is 25.1 Å². The molecule has 0 aliphatic rings. The number of methoxy groups -OCH3 is 3. The third-order valence-electron chi connectivity index (χ3n) is 5.09. The third-order valence-corrected chi connectivity index (χ3v) is 5.09. The lowest BCUT2D eigenvalue weighted by molar-refractivity contribution is -0.107. The predicted octanol–water partition coefficient (Wildman–Crippen LogP) is 4.58. The Morgan fingerprint density at radius 3 is 1.84 bits per heavy atom. The molecular weight excluding hydrogens is 411 g/mol. The molecule has 0 N–H and O–H groups in total. The van der Waals surface area contributed by atoms with Gasteiger partial charge >= 0.3 is 0 Å². The van der Waals surface area contributed by atoms with E-state index >= 15 is 4.39 Å². The van der Waals surface area contributed by atoms with Crippen LogP contribution in [0.15, 0.2) is 54.6 Å². The predicted molar refractivity (Wildman–Crippen MR) is 121 cm³/mol. The zero-order valence-electron chi connectivity index (χ0n) is 18.5. The van der Waals surface area contributed by atoms with E-state index < -0.39 is 5.82 Å². The normalized spacial score (nSPS) is 10.5. The Morgan fingerprint density at radius 1 is 0.875 bits per heavy atom. The van der Waals surface area contributed by atoms with Crippen molar-refractivity contribution >= 4 is 12.1 Å². The molecule has 0 atom stereocenters. The largest absolute Gasteiger partial charge is 0.497 e. The third kappa shape index (κ3) is 5.75. The fraction of sp³-hybridized carbons (Fsp3) is 0.280. The summed E-state index contributed by atoms with van der Waals surface area (Å²) in [5, 5.41) is 0. The molecule has 0 saturated heterocycles. The summed E-state index contributed by atoms with van der Waals surface area (Å²) in [5.41, 5.74) is 2.52. The molecule has 32 heavy (non-hydrogen) atoms. The Morgan fingerprint density at radius 2 is 1.41 bits per heavy atom. The van der Waals surface area contributed by atoms with Gasteiger partial charge in [0.25, 0.3) is 0 Å². The number of aromatic nitrogens is 1. The molecular formula is C25H27FN2O4. The fourth-order valence-corrected chi connectivity index (χ4v) is 3.40. The van der Waals surface area contributed by atoms with E-state index in [9.17, 15) is 4.79 Å². The first-order chi connectivity index (χ1) is 15.6. The second-order valence-electron chi connectivity index (χ2n) is 7.22. The van der Waals surface area contributed by atoms with Gasteiger partial charge in [0.1, 0.15) is 17.8 Å². The SMILES string of the molecule is COc1ccc(CN(Cc2ccc(OC)cc2)c2nc(OC)c(CCC=O)cc2F)cc1. The summed E-state index contributed by atoms with van der Waals surface area (Å²) < 4.78 is 31.1. The minimum absolute atomic E-state index is 0.184. The lowest BCUT2D eigenvalue weighted by atomic mass is 10.1. The highest BCUT2D eigenvalue weighted by Gasteiger charge is 2.19. The van der Waals surface area contributed by atoms with Gasteiger partial charge < -0.3 is 23.9 Å². The summed E-state index contributed by atoms with van der Waals surface area (Å²) in [5.74, 6) is 1.54. The lowest BCUT2D eigenvalue weighted by Crippen LogP contribution is -2.24. The van der Waals surface area contributed by atoms with Crippen LogP contribution in [0.3, 0.4) is 0 Å². The van der Waals surface area contributed by atoms with E-state index in [0.29, 0.717) is 31.0 Å². The molecule has 7 heteroatoms. The first-order valence-electron chi connectivity index (χ1n) is 10.3. The van der Waals surface area contributed by atoms with Crippen LogP contribution in [0.4, 0.5) is 10.2 Å². The van der Waals surface area contributed by atoms with E-state index in [0.717, 1.165) is 28.9 Å². The van der Waals surface area contributed by atoms with Gasteiger partial charge in [0.05, 0.1) is 21.3 Å². The number of ether oxygens (including phenoxy) is 3. The van der Waals surface area contributed by atoms with Gasteiger partial charge in [-0.1, -0.05) is 24.3 Å². The number of carbonyl (C=O) groups is 1. The van der Waals surface area contributed by atoms with Crippen molar-refractivity contribution in [1.82, 2.24) is 4.98 Å². The number of rotatable bonds is 11. The van der Waals surface area contributed by atoms with Gasteiger partial charge in [-0.25, -0.2) is 4.39 Å².